The van der Waals surface area contributed by atoms with E-state index >= 15 is 0 Å². The average molecular weight is 291 g/mol. The molecule has 1 saturated heterocycles. The van der Waals surface area contributed by atoms with Crippen LogP contribution < -0.4 is 5.73 Å². The maximum Gasteiger partial charge on any atom is 0.480 e. The second-order valence-corrected chi connectivity index (χ2v) is 4.74. The Balaban J connectivity index is 1.86. The number of aliphatic hydroxyl groups excluding tert-OH is 1. The summed E-state index contributed by atoms with van der Waals surface area (Å²) in [6, 6.07) is 0. The summed E-state index contributed by atoms with van der Waals surface area (Å²) in [4.78, 5) is 12.1. The number of rotatable bonds is 3. The van der Waals surface area contributed by atoms with Gasteiger partial charge in [0.1, 0.15) is 24.2 Å². The predicted molar refractivity (Wildman–Crippen MR) is 73.6 cm³/mol. The number of fused-ring (bicyclic) bond motifs is 1. The van der Waals surface area contributed by atoms with Crippen LogP contribution in [0.25, 0.3) is 11.2 Å². The first kappa shape index (κ1) is 14.0. The molecular weight excluding hydrogens is 277 g/mol. The lowest BCUT2D eigenvalue weighted by Crippen LogP contribution is -2.19. The molecule has 5 N–H and O–H groups in total. The molecule has 0 aliphatic carbocycles. The van der Waals surface area contributed by atoms with Crippen molar-refractivity contribution in [1.82, 2.24) is 19.5 Å². The minimum absolute atomic E-state index is 0.275. The fourth-order valence-corrected chi connectivity index (χ4v) is 2.31. The number of nitrogen functional groups attached to an aromatic ring is 1. The minimum atomic E-state index is -1.58. The molecule has 1 aliphatic heterocycles. The molecule has 0 aromatic carbocycles. The van der Waals surface area contributed by atoms with Gasteiger partial charge in [0.2, 0.25) is 0 Å². The van der Waals surface area contributed by atoms with Gasteiger partial charge in [0.05, 0.1) is 12.4 Å². The Hall–Kier alpha value is -2.01. The van der Waals surface area contributed by atoms with Crippen LogP contribution in [0.2, 0.25) is 0 Å². The molecule has 9 nitrogen and oxygen atoms in total. The molecule has 3 heterocycles. The van der Waals surface area contributed by atoms with Crippen molar-refractivity contribution < 1.29 is 19.9 Å². The van der Waals surface area contributed by atoms with Gasteiger partial charge in [-0.05, 0) is 0 Å². The van der Waals surface area contributed by atoms with Crippen LogP contribution in [0.4, 0.5) is 5.82 Å². The number of ether oxygens (including phenoxy) is 1. The van der Waals surface area contributed by atoms with Crippen molar-refractivity contribution >= 4 is 24.1 Å². The summed E-state index contributed by atoms with van der Waals surface area (Å²) >= 11 is 0. The van der Waals surface area contributed by atoms with Crippen molar-refractivity contribution in [2.45, 2.75) is 24.9 Å². The van der Waals surface area contributed by atoms with Crippen molar-refractivity contribution in [3.05, 3.63) is 24.7 Å². The second kappa shape index (κ2) is 5.41. The SMILES string of the molecule is Nc1ncnc2c1ncn2[C@H]1C[C@H](O)[C@@H](/C=C/B(O)O)O1. The van der Waals surface area contributed by atoms with E-state index < -0.39 is 25.6 Å². The highest BCUT2D eigenvalue weighted by atomic mass is 16.5. The van der Waals surface area contributed by atoms with E-state index in [4.69, 9.17) is 20.5 Å². The van der Waals surface area contributed by atoms with Gasteiger partial charge in [0, 0.05) is 6.42 Å². The van der Waals surface area contributed by atoms with Crippen molar-refractivity contribution in [1.29, 1.82) is 0 Å². The minimum Gasteiger partial charge on any atom is -0.424 e. The third-order valence-electron chi connectivity index (χ3n) is 3.31. The van der Waals surface area contributed by atoms with Gasteiger partial charge in [0.25, 0.3) is 0 Å². The first-order valence-corrected chi connectivity index (χ1v) is 6.37. The monoisotopic (exact) mass is 291 g/mol. The Bertz CT molecular complexity index is 676. The molecule has 0 spiro atoms. The number of nitrogens with zero attached hydrogens (tertiary/aromatic N) is 4. The molecule has 0 saturated carbocycles. The van der Waals surface area contributed by atoms with Gasteiger partial charge in [-0.3, -0.25) is 4.57 Å². The van der Waals surface area contributed by atoms with Crippen LogP contribution in [0.1, 0.15) is 12.6 Å². The van der Waals surface area contributed by atoms with E-state index in [0.717, 1.165) is 5.98 Å². The van der Waals surface area contributed by atoms with E-state index in [1.165, 1.54) is 18.7 Å². The van der Waals surface area contributed by atoms with Crippen LogP contribution in [0.5, 0.6) is 0 Å². The Morgan fingerprint density at radius 2 is 2.19 bits per heavy atom. The molecule has 0 bridgehead atoms. The number of anilines is 1. The standard InChI is InChI=1S/C11H14BN5O4/c13-10-9-11(15-4-14-10)17(5-16-9)8-3-6(18)7(21-8)1-2-12(19)20/h1-2,4-8,18-20H,3H2,(H2,13,14,15)/b2-1+/t6-,7+,8+/m0/s1. The molecule has 0 unspecified atom stereocenters. The molecular formula is C11H14BN5O4. The molecule has 21 heavy (non-hydrogen) atoms. The van der Waals surface area contributed by atoms with Gasteiger partial charge in [-0.2, -0.15) is 0 Å². The summed E-state index contributed by atoms with van der Waals surface area (Å²) in [5, 5.41) is 27.6. The van der Waals surface area contributed by atoms with E-state index in [-0.39, 0.29) is 5.82 Å². The van der Waals surface area contributed by atoms with Gasteiger partial charge in [-0.15, -0.1) is 0 Å². The van der Waals surface area contributed by atoms with Crippen LogP contribution in [0.15, 0.2) is 24.7 Å². The van der Waals surface area contributed by atoms with Gasteiger partial charge in [-0.1, -0.05) is 12.1 Å². The van der Waals surface area contributed by atoms with Gasteiger partial charge in [-0.25, -0.2) is 15.0 Å². The highest BCUT2D eigenvalue weighted by Crippen LogP contribution is 2.31. The summed E-state index contributed by atoms with van der Waals surface area (Å²) in [7, 11) is -1.58. The second-order valence-electron chi connectivity index (χ2n) is 4.74. The van der Waals surface area contributed by atoms with E-state index in [2.05, 4.69) is 15.0 Å². The highest BCUT2D eigenvalue weighted by molar-refractivity contribution is 6.47. The van der Waals surface area contributed by atoms with E-state index in [1.807, 2.05) is 0 Å². The average Bonchev–Trinajstić information content (AvgIpc) is 3.01. The summed E-state index contributed by atoms with van der Waals surface area (Å²) in [6.07, 6.45) is 2.74. The number of hydrogen-bond donors (Lipinski definition) is 4. The summed E-state index contributed by atoms with van der Waals surface area (Å²) in [5.74, 6) is 1.42. The summed E-state index contributed by atoms with van der Waals surface area (Å²) in [5.41, 5.74) is 6.71. The zero-order chi connectivity index (χ0) is 15.0. The lowest BCUT2D eigenvalue weighted by molar-refractivity contribution is 0.00901. The van der Waals surface area contributed by atoms with Crippen LogP contribution >= 0.6 is 0 Å². The third-order valence-corrected chi connectivity index (χ3v) is 3.31. The maximum atomic E-state index is 9.97. The normalized spacial score (nSPS) is 26.0. The Morgan fingerprint density at radius 1 is 1.38 bits per heavy atom. The van der Waals surface area contributed by atoms with Gasteiger partial charge < -0.3 is 25.6 Å². The molecule has 0 radical (unpaired) electrons. The topological polar surface area (TPSA) is 140 Å². The van der Waals surface area contributed by atoms with Crippen LogP contribution in [-0.2, 0) is 4.74 Å². The van der Waals surface area contributed by atoms with E-state index in [0.29, 0.717) is 17.6 Å². The van der Waals surface area contributed by atoms with Crippen molar-refractivity contribution in [3.63, 3.8) is 0 Å². The molecule has 2 aromatic heterocycles. The van der Waals surface area contributed by atoms with Crippen LogP contribution in [0, 0.1) is 0 Å². The lowest BCUT2D eigenvalue weighted by atomic mass is 9.90. The predicted octanol–water partition coefficient (Wildman–Crippen LogP) is -1.37. The molecule has 1 fully saturated rings. The largest absolute Gasteiger partial charge is 0.480 e. The maximum absolute atomic E-state index is 9.97. The van der Waals surface area contributed by atoms with Crippen molar-refractivity contribution in [2.75, 3.05) is 5.73 Å². The molecule has 2 aromatic rings. The number of hydrogen-bond acceptors (Lipinski definition) is 8. The molecule has 0 amide bonds. The Labute approximate surface area is 119 Å². The van der Waals surface area contributed by atoms with Crippen LogP contribution in [-0.4, -0.2) is 54.0 Å². The summed E-state index contributed by atoms with van der Waals surface area (Å²) in [6.45, 7) is 0. The quantitative estimate of drug-likeness (QED) is 0.507. The zero-order valence-corrected chi connectivity index (χ0v) is 10.9. The molecule has 10 heteroatoms. The smallest absolute Gasteiger partial charge is 0.424 e. The molecule has 1 aliphatic rings. The van der Waals surface area contributed by atoms with E-state index in [9.17, 15) is 5.11 Å². The summed E-state index contributed by atoms with van der Waals surface area (Å²) < 4.78 is 7.35. The number of aliphatic hydroxyl groups is 1. The first-order chi connectivity index (χ1) is 10.1. The molecule has 110 valence electrons. The van der Waals surface area contributed by atoms with Crippen molar-refractivity contribution in [2.24, 2.45) is 0 Å². The van der Waals surface area contributed by atoms with Crippen LogP contribution in [0.3, 0.4) is 0 Å². The number of nitrogens with two attached hydrogens (primary N) is 1. The molecule has 3 atom stereocenters. The lowest BCUT2D eigenvalue weighted by Gasteiger charge is -2.13. The van der Waals surface area contributed by atoms with E-state index in [1.54, 1.807) is 4.57 Å². The highest BCUT2D eigenvalue weighted by Gasteiger charge is 2.34. The fraction of sp³-hybridized carbons (Fsp3) is 0.364. The Morgan fingerprint density at radius 3 is 2.95 bits per heavy atom. The third kappa shape index (κ3) is 2.61. The molecule has 3 rings (SSSR count). The van der Waals surface area contributed by atoms with Gasteiger partial charge in [0.15, 0.2) is 11.5 Å². The first-order valence-electron chi connectivity index (χ1n) is 6.37. The van der Waals surface area contributed by atoms with Crippen molar-refractivity contribution in [3.8, 4) is 0 Å². The Kier molecular flexibility index (Phi) is 3.59. The number of aromatic nitrogens is 4. The zero-order valence-electron chi connectivity index (χ0n) is 10.9. The van der Waals surface area contributed by atoms with Gasteiger partial charge >= 0.3 is 7.12 Å². The number of imidazole rings is 1. The fourth-order valence-electron chi connectivity index (χ4n) is 2.31.